The lowest BCUT2D eigenvalue weighted by Crippen LogP contribution is -2.08. The Bertz CT molecular complexity index is 982. The summed E-state index contributed by atoms with van der Waals surface area (Å²) >= 11 is 0. The summed E-state index contributed by atoms with van der Waals surface area (Å²) in [5.41, 5.74) is 1.13. The zero-order valence-corrected chi connectivity index (χ0v) is 14.8. The number of imidazole rings is 1. The molecule has 0 atom stereocenters. The van der Waals surface area contributed by atoms with Crippen LogP contribution in [0, 0.1) is 10.1 Å². The molecule has 1 heterocycles. The number of carbonyl (C=O) groups excluding carboxylic acids is 1. The smallest absolute Gasteiger partial charge is 0.359 e. The number of benzene rings is 2. The number of nitro benzene ring substituents is 1. The van der Waals surface area contributed by atoms with E-state index in [9.17, 15) is 14.9 Å². The maximum Gasteiger partial charge on any atom is 0.359 e. The molecule has 3 rings (SSSR count). The summed E-state index contributed by atoms with van der Waals surface area (Å²) < 4.78 is 11.9. The summed E-state index contributed by atoms with van der Waals surface area (Å²) in [4.78, 5) is 27.8. The predicted octanol–water partition coefficient (Wildman–Crippen LogP) is 3.63. The first-order valence-corrected chi connectivity index (χ1v) is 8.21. The summed E-state index contributed by atoms with van der Waals surface area (Å²) in [5.74, 6) is -0.632. The number of methoxy groups -OCH3 is 1. The molecule has 138 valence electrons. The van der Waals surface area contributed by atoms with Crippen LogP contribution in [0.2, 0.25) is 0 Å². The van der Waals surface area contributed by atoms with Crippen LogP contribution in [0.3, 0.4) is 0 Å². The summed E-state index contributed by atoms with van der Waals surface area (Å²) in [6.45, 7) is 1.87. The molecule has 8 nitrogen and oxygen atoms in total. The summed E-state index contributed by atoms with van der Waals surface area (Å²) in [6, 6.07) is 15.2. The van der Waals surface area contributed by atoms with Crippen LogP contribution in [0.4, 0.5) is 5.69 Å². The molecule has 0 unspecified atom stereocenters. The lowest BCUT2D eigenvalue weighted by molar-refractivity contribution is -0.384. The molecule has 0 fully saturated rings. The summed E-state index contributed by atoms with van der Waals surface area (Å²) in [7, 11) is 1.39. The Balaban J connectivity index is 2.37. The Morgan fingerprint density at radius 2 is 1.81 bits per heavy atom. The number of hydrogen-bond acceptors (Lipinski definition) is 6. The number of para-hydroxylation sites is 2. The molecule has 2 aromatic carbocycles. The van der Waals surface area contributed by atoms with Gasteiger partial charge in [0.2, 0.25) is 0 Å². The molecule has 0 bridgehead atoms. The van der Waals surface area contributed by atoms with Crippen LogP contribution in [0.15, 0.2) is 54.6 Å². The van der Waals surface area contributed by atoms with Gasteiger partial charge in [0.25, 0.3) is 5.69 Å². The number of carbonyl (C=O) groups is 1. The van der Waals surface area contributed by atoms with E-state index in [2.05, 4.69) is 4.98 Å². The van der Waals surface area contributed by atoms with Gasteiger partial charge in [-0.15, -0.1) is 0 Å². The Hall–Kier alpha value is -3.68. The van der Waals surface area contributed by atoms with Crippen LogP contribution in [0.25, 0.3) is 16.9 Å². The third-order valence-electron chi connectivity index (χ3n) is 3.86. The number of nitro groups is 1. The number of nitrogens with zero attached hydrogens (tertiary/aromatic N) is 3. The minimum Gasteiger partial charge on any atom is -0.468 e. The fourth-order valence-electron chi connectivity index (χ4n) is 2.77. The second kappa shape index (κ2) is 7.69. The maximum atomic E-state index is 12.5. The second-order valence-electron chi connectivity index (χ2n) is 5.46. The maximum absolute atomic E-state index is 12.5. The topological polar surface area (TPSA) is 96.5 Å². The van der Waals surface area contributed by atoms with Crippen LogP contribution in [0.5, 0.6) is 6.01 Å². The Morgan fingerprint density at radius 3 is 2.44 bits per heavy atom. The average molecular weight is 367 g/mol. The van der Waals surface area contributed by atoms with Crippen LogP contribution in [-0.4, -0.2) is 34.2 Å². The molecule has 0 radical (unpaired) electrons. The van der Waals surface area contributed by atoms with E-state index in [1.165, 1.54) is 17.7 Å². The molecule has 3 aromatic rings. The molecule has 0 aliphatic carbocycles. The van der Waals surface area contributed by atoms with E-state index in [1.54, 1.807) is 49.4 Å². The Morgan fingerprint density at radius 1 is 1.15 bits per heavy atom. The van der Waals surface area contributed by atoms with Crippen molar-refractivity contribution in [1.29, 1.82) is 0 Å². The zero-order valence-electron chi connectivity index (χ0n) is 14.8. The average Bonchev–Trinajstić information content (AvgIpc) is 3.08. The van der Waals surface area contributed by atoms with E-state index in [0.29, 0.717) is 11.3 Å². The quantitative estimate of drug-likeness (QED) is 0.375. The number of rotatable bonds is 6. The fourth-order valence-corrected chi connectivity index (χ4v) is 2.77. The van der Waals surface area contributed by atoms with Crippen LogP contribution >= 0.6 is 0 Å². The van der Waals surface area contributed by atoms with Gasteiger partial charge in [-0.2, -0.15) is 4.98 Å². The predicted molar refractivity (Wildman–Crippen MR) is 98.2 cm³/mol. The third kappa shape index (κ3) is 3.37. The van der Waals surface area contributed by atoms with Crippen molar-refractivity contribution in [2.24, 2.45) is 0 Å². The minimum atomic E-state index is -0.632. The van der Waals surface area contributed by atoms with E-state index >= 15 is 0 Å². The molecule has 0 saturated carbocycles. The van der Waals surface area contributed by atoms with Gasteiger partial charge in [-0.3, -0.25) is 14.7 Å². The lowest BCUT2D eigenvalue weighted by Gasteiger charge is -2.12. The van der Waals surface area contributed by atoms with Crippen molar-refractivity contribution in [2.75, 3.05) is 13.7 Å². The van der Waals surface area contributed by atoms with E-state index < -0.39 is 10.9 Å². The molecule has 8 heteroatoms. The van der Waals surface area contributed by atoms with E-state index in [-0.39, 0.29) is 29.7 Å². The van der Waals surface area contributed by atoms with Crippen molar-refractivity contribution in [3.63, 3.8) is 0 Å². The first-order chi connectivity index (χ1) is 13.1. The third-order valence-corrected chi connectivity index (χ3v) is 3.86. The van der Waals surface area contributed by atoms with Gasteiger partial charge >= 0.3 is 12.0 Å². The highest BCUT2D eigenvalue weighted by Gasteiger charge is 2.29. The van der Waals surface area contributed by atoms with Gasteiger partial charge in [0.1, 0.15) is 5.69 Å². The molecule has 0 amide bonds. The van der Waals surface area contributed by atoms with Gasteiger partial charge in [0, 0.05) is 11.6 Å². The molecular formula is C19H17N3O5. The van der Waals surface area contributed by atoms with E-state index in [0.717, 1.165) is 0 Å². The molecule has 0 aliphatic heterocycles. The monoisotopic (exact) mass is 367 g/mol. The van der Waals surface area contributed by atoms with Crippen LogP contribution in [-0.2, 0) is 4.74 Å². The highest BCUT2D eigenvalue weighted by atomic mass is 16.6. The van der Waals surface area contributed by atoms with Gasteiger partial charge in [-0.1, -0.05) is 42.5 Å². The Labute approximate surface area is 155 Å². The van der Waals surface area contributed by atoms with E-state index in [4.69, 9.17) is 9.47 Å². The van der Waals surface area contributed by atoms with E-state index in [1.807, 2.05) is 6.07 Å². The molecule has 27 heavy (non-hydrogen) atoms. The van der Waals surface area contributed by atoms with Crippen molar-refractivity contribution in [3.8, 4) is 23.0 Å². The molecule has 0 N–H and O–H groups in total. The molecule has 1 aromatic heterocycles. The number of esters is 1. The minimum absolute atomic E-state index is 0.0260. The number of hydrogen-bond donors (Lipinski definition) is 0. The molecule has 0 aliphatic rings. The Kier molecular flexibility index (Phi) is 5.16. The van der Waals surface area contributed by atoms with Crippen LogP contribution < -0.4 is 4.74 Å². The van der Waals surface area contributed by atoms with Gasteiger partial charge in [-0.05, 0) is 13.0 Å². The van der Waals surface area contributed by atoms with Crippen LogP contribution in [0.1, 0.15) is 17.4 Å². The van der Waals surface area contributed by atoms with Gasteiger partial charge in [0.15, 0.2) is 5.69 Å². The van der Waals surface area contributed by atoms with Crippen molar-refractivity contribution >= 4 is 11.7 Å². The highest BCUT2D eigenvalue weighted by Crippen LogP contribution is 2.35. The fraction of sp³-hybridized carbons (Fsp3) is 0.158. The van der Waals surface area contributed by atoms with Gasteiger partial charge < -0.3 is 9.47 Å². The molecule has 0 spiro atoms. The summed E-state index contributed by atoms with van der Waals surface area (Å²) in [6.07, 6.45) is 0. The zero-order chi connectivity index (χ0) is 19.4. The van der Waals surface area contributed by atoms with Gasteiger partial charge in [0.05, 0.1) is 24.3 Å². The largest absolute Gasteiger partial charge is 0.468 e. The second-order valence-corrected chi connectivity index (χ2v) is 5.46. The number of aromatic nitrogens is 2. The molecule has 0 saturated heterocycles. The highest BCUT2D eigenvalue weighted by molar-refractivity contribution is 5.95. The normalized spacial score (nSPS) is 10.4. The standard InChI is InChI=1S/C19H17N3O5/c1-3-27-18(23)16-17(13-9-5-4-6-10-13)21(19(20-16)26-2)14-11-7-8-12-15(14)22(24)25/h4-12H,3H2,1-2H3. The van der Waals surface area contributed by atoms with Gasteiger partial charge in [-0.25, -0.2) is 4.79 Å². The van der Waals surface area contributed by atoms with Crippen molar-refractivity contribution < 1.29 is 19.2 Å². The lowest BCUT2D eigenvalue weighted by atomic mass is 10.1. The van der Waals surface area contributed by atoms with Crippen molar-refractivity contribution in [1.82, 2.24) is 9.55 Å². The van der Waals surface area contributed by atoms with Crippen molar-refractivity contribution in [2.45, 2.75) is 6.92 Å². The first-order valence-electron chi connectivity index (χ1n) is 8.21. The van der Waals surface area contributed by atoms with Crippen molar-refractivity contribution in [3.05, 3.63) is 70.4 Å². The molecular weight excluding hydrogens is 350 g/mol. The SMILES string of the molecule is CCOC(=O)c1nc(OC)n(-c2ccccc2[N+](=O)[O-])c1-c1ccccc1. The summed E-state index contributed by atoms with van der Waals surface area (Å²) in [5, 5.41) is 11.5. The number of ether oxygens (including phenoxy) is 2. The first kappa shape index (κ1) is 18.1.